The van der Waals surface area contributed by atoms with Crippen LogP contribution >= 0.6 is 0 Å². The number of nitrogens with zero attached hydrogens (tertiary/aromatic N) is 3. The molecule has 0 aliphatic carbocycles. The van der Waals surface area contributed by atoms with E-state index in [1.165, 1.54) is 25.6 Å². The Labute approximate surface area is 142 Å². The molecule has 7 nitrogen and oxygen atoms in total. The highest BCUT2D eigenvalue weighted by atomic mass is 19.3. The van der Waals surface area contributed by atoms with Crippen LogP contribution in [0.1, 0.15) is 24.9 Å². The number of allylic oxidation sites excluding steroid dienone is 1. The van der Waals surface area contributed by atoms with Crippen molar-refractivity contribution < 1.29 is 23.0 Å². The number of carbonyl (C=O) groups excluding carboxylic acids is 1. The van der Waals surface area contributed by atoms with Crippen LogP contribution in [0.2, 0.25) is 0 Å². The Balaban J connectivity index is 2.07. The van der Waals surface area contributed by atoms with Gasteiger partial charge in [-0.1, -0.05) is 19.1 Å². The van der Waals surface area contributed by atoms with Crippen LogP contribution in [0.25, 0.3) is 0 Å². The van der Waals surface area contributed by atoms with E-state index < -0.39 is 18.6 Å². The summed E-state index contributed by atoms with van der Waals surface area (Å²) in [6.07, 6.45) is 1.93. The van der Waals surface area contributed by atoms with Gasteiger partial charge in [-0.3, -0.25) is 0 Å². The number of aromatic nitrogens is 3. The first kappa shape index (κ1) is 16.9. The Morgan fingerprint density at radius 2 is 2.08 bits per heavy atom. The fourth-order valence-electron chi connectivity index (χ4n) is 2.78. The Morgan fingerprint density at radius 3 is 2.68 bits per heavy atom. The number of carbonyl (C=O) groups is 1. The van der Waals surface area contributed by atoms with Gasteiger partial charge in [0.15, 0.2) is 0 Å². The van der Waals surface area contributed by atoms with E-state index in [0.717, 1.165) is 0 Å². The van der Waals surface area contributed by atoms with Crippen LogP contribution in [0.15, 0.2) is 41.9 Å². The topological polar surface area (TPSA) is 78.3 Å². The summed E-state index contributed by atoms with van der Waals surface area (Å²) >= 11 is 0. The molecule has 1 aliphatic heterocycles. The molecule has 0 amide bonds. The number of nitrogens with one attached hydrogen (secondary N) is 1. The van der Waals surface area contributed by atoms with Crippen LogP contribution in [-0.4, -0.2) is 34.5 Å². The molecule has 0 radical (unpaired) electrons. The van der Waals surface area contributed by atoms with Crippen LogP contribution in [0.3, 0.4) is 0 Å². The molecule has 2 heterocycles. The molecule has 1 aromatic heterocycles. The molecule has 1 N–H and O–H groups in total. The largest absolute Gasteiger partial charge is 0.466 e. The molecule has 0 fully saturated rings. The van der Waals surface area contributed by atoms with Gasteiger partial charge in [0.25, 0.3) is 0 Å². The minimum atomic E-state index is -2.90. The molecule has 0 unspecified atom stereocenters. The van der Waals surface area contributed by atoms with Gasteiger partial charge in [-0.05, 0) is 24.1 Å². The molecule has 1 aromatic carbocycles. The van der Waals surface area contributed by atoms with Crippen molar-refractivity contribution in [2.75, 3.05) is 12.4 Å². The average Bonchev–Trinajstić information content (AvgIpc) is 3.07. The molecule has 1 atom stereocenters. The van der Waals surface area contributed by atoms with Crippen molar-refractivity contribution in [1.82, 2.24) is 14.8 Å². The second kappa shape index (κ2) is 6.88. The molecule has 2 aromatic rings. The summed E-state index contributed by atoms with van der Waals surface area (Å²) in [4.78, 5) is 16.5. The quantitative estimate of drug-likeness (QED) is 0.836. The molecule has 9 heteroatoms. The number of fused-ring (bicyclic) bond motifs is 1. The number of alkyl halides is 2. The lowest BCUT2D eigenvalue weighted by molar-refractivity contribution is -0.136. The maximum Gasteiger partial charge on any atom is 0.387 e. The highest BCUT2D eigenvalue weighted by Crippen LogP contribution is 2.36. The Kier molecular flexibility index (Phi) is 4.64. The van der Waals surface area contributed by atoms with E-state index in [4.69, 9.17) is 4.74 Å². The zero-order valence-corrected chi connectivity index (χ0v) is 13.6. The van der Waals surface area contributed by atoms with E-state index in [2.05, 4.69) is 20.1 Å². The molecular weight excluding hydrogens is 334 g/mol. The van der Waals surface area contributed by atoms with Gasteiger partial charge < -0.3 is 14.8 Å². The second-order valence-corrected chi connectivity index (χ2v) is 5.24. The molecule has 132 valence electrons. The Hall–Kier alpha value is -2.97. The third-order valence-corrected chi connectivity index (χ3v) is 3.86. The number of methoxy groups -OCH3 is 1. The van der Waals surface area contributed by atoms with Crippen molar-refractivity contribution in [3.8, 4) is 5.75 Å². The van der Waals surface area contributed by atoms with E-state index >= 15 is 0 Å². The van der Waals surface area contributed by atoms with E-state index in [-0.39, 0.29) is 5.75 Å². The molecule has 0 spiro atoms. The molecule has 3 rings (SSSR count). The van der Waals surface area contributed by atoms with Gasteiger partial charge in [-0.25, -0.2) is 9.48 Å². The maximum atomic E-state index is 12.4. The highest BCUT2D eigenvalue weighted by Gasteiger charge is 2.34. The van der Waals surface area contributed by atoms with Gasteiger partial charge in [0.2, 0.25) is 5.95 Å². The number of benzene rings is 1. The minimum Gasteiger partial charge on any atom is -0.466 e. The number of esters is 1. The monoisotopic (exact) mass is 350 g/mol. The van der Waals surface area contributed by atoms with Gasteiger partial charge >= 0.3 is 12.6 Å². The number of rotatable bonds is 5. The summed E-state index contributed by atoms with van der Waals surface area (Å²) in [5.41, 5.74) is 1.73. The summed E-state index contributed by atoms with van der Waals surface area (Å²) in [7, 11) is 1.30. The number of hydrogen-bond donors (Lipinski definition) is 1. The third-order valence-electron chi connectivity index (χ3n) is 3.86. The fraction of sp³-hybridized carbons (Fsp3) is 0.312. The first-order valence-corrected chi connectivity index (χ1v) is 7.57. The normalized spacial score (nSPS) is 16.4. The lowest BCUT2D eigenvalue weighted by Crippen LogP contribution is -2.30. The van der Waals surface area contributed by atoms with Crippen molar-refractivity contribution in [2.24, 2.45) is 0 Å². The van der Waals surface area contributed by atoms with Crippen LogP contribution < -0.4 is 10.1 Å². The predicted molar refractivity (Wildman–Crippen MR) is 84.2 cm³/mol. The molecule has 0 saturated carbocycles. The van der Waals surface area contributed by atoms with Crippen LogP contribution in [0.5, 0.6) is 5.75 Å². The predicted octanol–water partition coefficient (Wildman–Crippen LogP) is 2.73. The van der Waals surface area contributed by atoms with E-state index in [1.807, 2.05) is 6.92 Å². The average molecular weight is 350 g/mol. The molecular formula is C16H16F2N4O3. The summed E-state index contributed by atoms with van der Waals surface area (Å²) in [6, 6.07) is 5.47. The SMILES string of the molecule is CCC1=C(C(=O)OC)[C@H](c2ccc(OC(F)F)cc2)n2ncnc2N1. The van der Waals surface area contributed by atoms with E-state index in [0.29, 0.717) is 29.2 Å². The Bertz CT molecular complexity index is 802. The van der Waals surface area contributed by atoms with Crippen molar-refractivity contribution in [1.29, 1.82) is 0 Å². The van der Waals surface area contributed by atoms with Gasteiger partial charge in [0, 0.05) is 5.70 Å². The van der Waals surface area contributed by atoms with Gasteiger partial charge in [-0.15, -0.1) is 0 Å². The summed E-state index contributed by atoms with van der Waals surface area (Å²) in [5.74, 6) is 0.0247. The number of ether oxygens (including phenoxy) is 2. The first-order chi connectivity index (χ1) is 12.0. The summed E-state index contributed by atoms with van der Waals surface area (Å²) < 4.78 is 35.5. The minimum absolute atomic E-state index is 0.0332. The Morgan fingerprint density at radius 1 is 1.36 bits per heavy atom. The van der Waals surface area contributed by atoms with Gasteiger partial charge in [0.05, 0.1) is 12.7 Å². The van der Waals surface area contributed by atoms with Crippen molar-refractivity contribution in [2.45, 2.75) is 26.0 Å². The van der Waals surface area contributed by atoms with Crippen molar-refractivity contribution in [3.05, 3.63) is 47.4 Å². The lowest BCUT2D eigenvalue weighted by atomic mass is 9.94. The molecule has 0 bridgehead atoms. The van der Waals surface area contributed by atoms with Gasteiger partial charge in [-0.2, -0.15) is 18.9 Å². The molecule has 25 heavy (non-hydrogen) atoms. The lowest BCUT2D eigenvalue weighted by Gasteiger charge is -2.28. The highest BCUT2D eigenvalue weighted by molar-refractivity contribution is 5.92. The van der Waals surface area contributed by atoms with E-state index in [9.17, 15) is 13.6 Å². The summed E-state index contributed by atoms with van der Waals surface area (Å²) in [6.45, 7) is -1.00. The van der Waals surface area contributed by atoms with Gasteiger partial charge in [0.1, 0.15) is 18.1 Å². The maximum absolute atomic E-state index is 12.4. The van der Waals surface area contributed by atoms with Crippen molar-refractivity contribution >= 4 is 11.9 Å². The molecule has 1 aliphatic rings. The van der Waals surface area contributed by atoms with Crippen molar-refractivity contribution in [3.63, 3.8) is 0 Å². The van der Waals surface area contributed by atoms with E-state index in [1.54, 1.807) is 16.8 Å². The first-order valence-electron chi connectivity index (χ1n) is 7.57. The zero-order chi connectivity index (χ0) is 18.0. The molecule has 0 saturated heterocycles. The zero-order valence-electron chi connectivity index (χ0n) is 13.6. The van der Waals surface area contributed by atoms with Crippen LogP contribution in [0.4, 0.5) is 14.7 Å². The standard InChI is InChI=1S/C16H16F2N4O3/c1-3-11-12(14(23)24-2)13(22-16(21-11)19-8-20-22)9-4-6-10(7-5-9)25-15(17)18/h4-8,13,15H,3H2,1-2H3,(H,19,20,21)/t13-/m0/s1. The smallest absolute Gasteiger partial charge is 0.387 e. The second-order valence-electron chi connectivity index (χ2n) is 5.24. The number of hydrogen-bond acceptors (Lipinski definition) is 6. The van der Waals surface area contributed by atoms with Crippen LogP contribution in [0, 0.1) is 0 Å². The summed E-state index contributed by atoms with van der Waals surface area (Å²) in [5, 5.41) is 7.24. The third kappa shape index (κ3) is 3.17. The number of anilines is 1. The van der Waals surface area contributed by atoms with Crippen LogP contribution in [-0.2, 0) is 9.53 Å². The fourth-order valence-corrected chi connectivity index (χ4v) is 2.78. The number of halogens is 2.